The second-order valence-electron chi connectivity index (χ2n) is 5.76. The Bertz CT molecular complexity index is 1010. The van der Waals surface area contributed by atoms with E-state index in [4.69, 9.17) is 16.3 Å². The lowest BCUT2D eigenvalue weighted by molar-refractivity contribution is -0.305. The van der Waals surface area contributed by atoms with E-state index < -0.39 is 29.5 Å². The highest BCUT2D eigenvalue weighted by molar-refractivity contribution is 8.15. The third kappa shape index (κ3) is 5.66. The molecule has 1 amide bonds. The number of rotatable bonds is 6. The topological polar surface area (TPSA) is 120 Å². The predicted octanol–water partition coefficient (Wildman–Crippen LogP) is 1.62. The number of carboxylic acids is 1. The highest BCUT2D eigenvalue weighted by atomic mass is 35.5. The monoisotopic (exact) mass is 430 g/mol. The molecule has 0 radical (unpaired) electrons. The number of amides is 1. The van der Waals surface area contributed by atoms with Crippen LogP contribution in [-0.2, 0) is 9.59 Å². The number of para-hydroxylation sites is 1. The number of amidine groups is 1. The molecule has 2 aromatic rings. The lowest BCUT2D eigenvalue weighted by Crippen LogP contribution is -2.31. The predicted molar refractivity (Wildman–Crippen MR) is 107 cm³/mol. The average molecular weight is 431 g/mol. The van der Waals surface area contributed by atoms with Crippen molar-refractivity contribution in [1.82, 2.24) is 5.32 Å². The summed E-state index contributed by atoms with van der Waals surface area (Å²) in [7, 11) is 0. The Kier molecular flexibility index (Phi) is 6.63. The van der Waals surface area contributed by atoms with E-state index in [2.05, 4.69) is 15.5 Å². The average Bonchev–Trinajstić information content (AvgIpc) is 3.02. The molecule has 0 aliphatic carbocycles. The van der Waals surface area contributed by atoms with E-state index in [9.17, 15) is 19.5 Å². The van der Waals surface area contributed by atoms with Crippen LogP contribution in [0.3, 0.4) is 0 Å². The summed E-state index contributed by atoms with van der Waals surface area (Å²) in [6, 6.07) is 13.0. The Morgan fingerprint density at radius 2 is 1.93 bits per heavy atom. The number of ether oxygens (including phenoxy) is 1. The quantitative estimate of drug-likeness (QED) is 0.322. The first-order valence-electron chi connectivity index (χ1n) is 8.27. The maximum Gasteiger partial charge on any atom is 0.343 e. The number of hydrogen-bond donors (Lipinski definition) is 1. The summed E-state index contributed by atoms with van der Waals surface area (Å²) in [5.74, 6) is -2.07. The molecule has 0 spiro atoms. The minimum Gasteiger partial charge on any atom is -0.550 e. The number of esters is 1. The lowest BCUT2D eigenvalue weighted by Gasteiger charge is -2.07. The molecular weight excluding hydrogens is 418 g/mol. The fourth-order valence-electron chi connectivity index (χ4n) is 2.31. The van der Waals surface area contributed by atoms with Gasteiger partial charge in [0, 0.05) is 23.0 Å². The molecule has 8 nitrogen and oxygen atoms in total. The van der Waals surface area contributed by atoms with Gasteiger partial charge in [0.1, 0.15) is 5.75 Å². The Labute approximate surface area is 174 Å². The molecule has 0 aromatic heterocycles. The molecule has 10 heteroatoms. The molecule has 1 atom stereocenters. The SMILES string of the molecule is O=C([O-])C[C@@H]1S/C(=N\N=C/c2ccccc2OC(=O)c2ccc(Cl)cc2)NC1=O. The van der Waals surface area contributed by atoms with Crippen molar-refractivity contribution >= 4 is 52.6 Å². The minimum absolute atomic E-state index is 0.174. The summed E-state index contributed by atoms with van der Waals surface area (Å²) in [5, 5.41) is 20.7. The van der Waals surface area contributed by atoms with Crippen molar-refractivity contribution in [3.63, 3.8) is 0 Å². The highest BCUT2D eigenvalue weighted by Crippen LogP contribution is 2.22. The molecular formula is C19H13ClN3O5S-. The Morgan fingerprint density at radius 3 is 2.66 bits per heavy atom. The van der Waals surface area contributed by atoms with Crippen LogP contribution in [0.4, 0.5) is 0 Å². The molecule has 0 bridgehead atoms. The molecule has 1 aliphatic heterocycles. The van der Waals surface area contributed by atoms with E-state index in [-0.39, 0.29) is 10.9 Å². The summed E-state index contributed by atoms with van der Waals surface area (Å²) in [6.07, 6.45) is 0.943. The summed E-state index contributed by atoms with van der Waals surface area (Å²) in [4.78, 5) is 34.6. The van der Waals surface area contributed by atoms with E-state index in [0.717, 1.165) is 11.8 Å². The van der Waals surface area contributed by atoms with Crippen molar-refractivity contribution in [2.45, 2.75) is 11.7 Å². The van der Waals surface area contributed by atoms with Gasteiger partial charge in [-0.15, -0.1) is 5.10 Å². The van der Waals surface area contributed by atoms with Crippen molar-refractivity contribution in [2.24, 2.45) is 10.2 Å². The van der Waals surface area contributed by atoms with Gasteiger partial charge in [-0.05, 0) is 36.4 Å². The second-order valence-corrected chi connectivity index (χ2v) is 7.38. The van der Waals surface area contributed by atoms with Crippen LogP contribution in [0.2, 0.25) is 5.02 Å². The van der Waals surface area contributed by atoms with Gasteiger partial charge in [0.2, 0.25) is 5.91 Å². The molecule has 148 valence electrons. The summed E-state index contributed by atoms with van der Waals surface area (Å²) >= 11 is 6.77. The fourth-order valence-corrected chi connectivity index (χ4v) is 3.34. The van der Waals surface area contributed by atoms with Gasteiger partial charge < -0.3 is 20.0 Å². The molecule has 0 unspecified atom stereocenters. The maximum atomic E-state index is 12.3. The number of benzene rings is 2. The van der Waals surface area contributed by atoms with Gasteiger partial charge in [-0.3, -0.25) is 4.79 Å². The molecule has 1 heterocycles. The highest BCUT2D eigenvalue weighted by Gasteiger charge is 2.30. The third-order valence-electron chi connectivity index (χ3n) is 3.68. The smallest absolute Gasteiger partial charge is 0.343 e. The van der Waals surface area contributed by atoms with E-state index in [0.29, 0.717) is 16.1 Å². The van der Waals surface area contributed by atoms with Gasteiger partial charge in [0.05, 0.1) is 17.0 Å². The number of aliphatic carboxylic acids is 1. The number of hydrogen-bond acceptors (Lipinski definition) is 8. The molecule has 2 aromatic carbocycles. The van der Waals surface area contributed by atoms with Crippen LogP contribution in [0.5, 0.6) is 5.75 Å². The van der Waals surface area contributed by atoms with Crippen molar-refractivity contribution in [3.05, 3.63) is 64.7 Å². The number of thioether (sulfide) groups is 1. The number of carboxylic acid groups (broad SMARTS) is 1. The first-order chi connectivity index (χ1) is 13.9. The summed E-state index contributed by atoms with van der Waals surface area (Å²) < 4.78 is 5.40. The molecule has 1 aliphatic rings. The first-order valence-corrected chi connectivity index (χ1v) is 9.53. The van der Waals surface area contributed by atoms with E-state index >= 15 is 0 Å². The Morgan fingerprint density at radius 1 is 1.21 bits per heavy atom. The van der Waals surface area contributed by atoms with Crippen LogP contribution in [-0.4, -0.2) is 34.5 Å². The molecule has 29 heavy (non-hydrogen) atoms. The van der Waals surface area contributed by atoms with Crippen molar-refractivity contribution in [3.8, 4) is 5.75 Å². The Balaban J connectivity index is 1.69. The van der Waals surface area contributed by atoms with Crippen LogP contribution in [0.1, 0.15) is 22.3 Å². The van der Waals surface area contributed by atoms with Gasteiger partial charge in [0.25, 0.3) is 0 Å². The van der Waals surface area contributed by atoms with E-state index in [1.807, 2.05) is 0 Å². The Hall–Kier alpha value is -3.17. The van der Waals surface area contributed by atoms with E-state index in [1.54, 1.807) is 48.5 Å². The lowest BCUT2D eigenvalue weighted by atomic mass is 10.2. The normalized spacial score (nSPS) is 17.5. The van der Waals surface area contributed by atoms with Gasteiger partial charge in [-0.2, -0.15) is 5.10 Å². The number of nitrogens with zero attached hydrogens (tertiary/aromatic N) is 2. The molecule has 1 N–H and O–H groups in total. The zero-order valence-corrected chi connectivity index (χ0v) is 16.3. The van der Waals surface area contributed by atoms with Crippen LogP contribution < -0.4 is 15.2 Å². The standard InChI is InChI=1S/C19H14ClN3O5S/c20-13-7-5-11(6-8-13)18(27)28-14-4-2-1-3-12(14)10-21-23-19-22-17(26)15(29-19)9-16(24)25/h1-8,10,15H,9H2,(H,24,25)(H,22,23,26)/p-1/b21-10-/t15-/m0/s1. The minimum atomic E-state index is -1.32. The molecule has 3 rings (SSSR count). The fraction of sp³-hybridized carbons (Fsp3) is 0.105. The molecule has 0 saturated carbocycles. The number of nitrogens with one attached hydrogen (secondary N) is 1. The second kappa shape index (κ2) is 9.35. The maximum absolute atomic E-state index is 12.3. The van der Waals surface area contributed by atoms with Gasteiger partial charge in [-0.25, -0.2) is 4.79 Å². The summed E-state index contributed by atoms with van der Waals surface area (Å²) in [5.41, 5.74) is 0.824. The zero-order chi connectivity index (χ0) is 20.8. The first kappa shape index (κ1) is 20.6. The molecule has 1 saturated heterocycles. The zero-order valence-electron chi connectivity index (χ0n) is 14.7. The number of halogens is 1. The van der Waals surface area contributed by atoms with Crippen LogP contribution in [0.15, 0.2) is 58.7 Å². The number of carbonyl (C=O) groups excluding carboxylic acids is 3. The van der Waals surface area contributed by atoms with Gasteiger partial charge in [-0.1, -0.05) is 35.5 Å². The van der Waals surface area contributed by atoms with Gasteiger partial charge >= 0.3 is 5.97 Å². The largest absolute Gasteiger partial charge is 0.550 e. The molecule has 1 fully saturated rings. The van der Waals surface area contributed by atoms with Crippen LogP contribution in [0.25, 0.3) is 0 Å². The van der Waals surface area contributed by atoms with Crippen molar-refractivity contribution in [1.29, 1.82) is 0 Å². The van der Waals surface area contributed by atoms with Crippen molar-refractivity contribution < 1.29 is 24.2 Å². The van der Waals surface area contributed by atoms with Crippen LogP contribution in [0, 0.1) is 0 Å². The summed E-state index contributed by atoms with van der Waals surface area (Å²) in [6.45, 7) is 0. The van der Waals surface area contributed by atoms with Crippen molar-refractivity contribution in [2.75, 3.05) is 0 Å². The third-order valence-corrected chi connectivity index (χ3v) is 5.00. The number of carbonyl (C=O) groups is 3. The van der Waals surface area contributed by atoms with E-state index in [1.165, 1.54) is 6.21 Å². The van der Waals surface area contributed by atoms with Gasteiger partial charge in [0.15, 0.2) is 5.17 Å². The van der Waals surface area contributed by atoms with Crippen LogP contribution >= 0.6 is 23.4 Å².